The topological polar surface area (TPSA) is 0 Å². The van der Waals surface area contributed by atoms with Gasteiger partial charge in [-0.05, 0) is 24.7 Å². The van der Waals surface area contributed by atoms with Gasteiger partial charge in [0, 0.05) is 0 Å². The van der Waals surface area contributed by atoms with Crippen LogP contribution in [0.3, 0.4) is 0 Å². The van der Waals surface area contributed by atoms with Crippen molar-refractivity contribution in [3.63, 3.8) is 0 Å². The van der Waals surface area contributed by atoms with E-state index in [4.69, 9.17) is 0 Å². The van der Waals surface area contributed by atoms with E-state index in [1.54, 1.807) is 0 Å². The molecule has 1 aliphatic rings. The van der Waals surface area contributed by atoms with E-state index in [0.717, 1.165) is 11.8 Å². The molecule has 0 nitrogen and oxygen atoms in total. The van der Waals surface area contributed by atoms with Gasteiger partial charge in [-0.25, -0.2) is 0 Å². The molecule has 1 saturated carbocycles. The monoisotopic (exact) mass is 152 g/mol. The number of unbranched alkanes of at least 4 members (excludes halogenated alkanes) is 3. The van der Waals surface area contributed by atoms with Gasteiger partial charge in [0.2, 0.25) is 0 Å². The third kappa shape index (κ3) is 3.09. The number of rotatable bonds is 6. The summed E-state index contributed by atoms with van der Waals surface area (Å²) >= 11 is 0. The second-order valence-electron chi connectivity index (χ2n) is 3.74. The fourth-order valence-electron chi connectivity index (χ4n) is 1.72. The van der Waals surface area contributed by atoms with E-state index in [-0.39, 0.29) is 0 Å². The Morgan fingerprint density at radius 2 is 2.18 bits per heavy atom. The van der Waals surface area contributed by atoms with Crippen LogP contribution < -0.4 is 0 Å². The normalized spacial score (nSPS) is 28.5. The lowest BCUT2D eigenvalue weighted by atomic mass is 10.1. The van der Waals surface area contributed by atoms with Crippen LogP contribution in [0.15, 0.2) is 12.7 Å². The van der Waals surface area contributed by atoms with Gasteiger partial charge in [-0.15, -0.1) is 6.58 Å². The van der Waals surface area contributed by atoms with Crippen molar-refractivity contribution >= 4 is 0 Å². The molecule has 1 rings (SSSR count). The smallest absolute Gasteiger partial charge is 0.0205 e. The molecule has 0 saturated heterocycles. The molecule has 2 atom stereocenters. The van der Waals surface area contributed by atoms with Gasteiger partial charge < -0.3 is 0 Å². The van der Waals surface area contributed by atoms with Crippen molar-refractivity contribution in [3.05, 3.63) is 12.7 Å². The van der Waals surface area contributed by atoms with Crippen molar-refractivity contribution in [3.8, 4) is 0 Å². The summed E-state index contributed by atoms with van der Waals surface area (Å²) in [5.74, 6) is 1.90. The molecule has 0 radical (unpaired) electrons. The second-order valence-corrected chi connectivity index (χ2v) is 3.74. The highest BCUT2D eigenvalue weighted by Crippen LogP contribution is 2.42. The quantitative estimate of drug-likeness (QED) is 0.401. The Bertz CT molecular complexity index is 115. The van der Waals surface area contributed by atoms with Crippen molar-refractivity contribution in [1.82, 2.24) is 0 Å². The Morgan fingerprint density at radius 1 is 1.36 bits per heavy atom. The van der Waals surface area contributed by atoms with Gasteiger partial charge in [0.1, 0.15) is 0 Å². The van der Waals surface area contributed by atoms with E-state index in [0.29, 0.717) is 0 Å². The number of allylic oxidation sites excluding steroid dienone is 1. The third-order valence-corrected chi connectivity index (χ3v) is 2.71. The summed E-state index contributed by atoms with van der Waals surface area (Å²) in [4.78, 5) is 0. The molecule has 0 aromatic carbocycles. The first-order valence-corrected chi connectivity index (χ1v) is 5.01. The highest BCUT2D eigenvalue weighted by atomic mass is 14.4. The number of hydrogen-bond donors (Lipinski definition) is 0. The first-order valence-electron chi connectivity index (χ1n) is 5.01. The zero-order chi connectivity index (χ0) is 8.10. The minimum atomic E-state index is 0.886. The maximum atomic E-state index is 3.82. The molecule has 0 heterocycles. The molecule has 0 bridgehead atoms. The van der Waals surface area contributed by atoms with Gasteiger partial charge in [-0.2, -0.15) is 0 Å². The lowest BCUT2D eigenvalue weighted by Crippen LogP contribution is -1.81. The fourth-order valence-corrected chi connectivity index (χ4v) is 1.72. The van der Waals surface area contributed by atoms with E-state index in [9.17, 15) is 0 Å². The molecule has 0 aliphatic heterocycles. The first-order chi connectivity index (χ1) is 5.38. The van der Waals surface area contributed by atoms with Gasteiger partial charge in [-0.3, -0.25) is 0 Å². The van der Waals surface area contributed by atoms with Crippen LogP contribution in [0, 0.1) is 11.8 Å². The minimum absolute atomic E-state index is 0.886. The minimum Gasteiger partial charge on any atom is -0.103 e. The summed E-state index contributed by atoms with van der Waals surface area (Å²) in [6, 6.07) is 0. The molecule has 1 aliphatic carbocycles. The van der Waals surface area contributed by atoms with Gasteiger partial charge in [0.05, 0.1) is 0 Å². The van der Waals surface area contributed by atoms with Gasteiger partial charge in [-0.1, -0.05) is 38.7 Å². The number of hydrogen-bond acceptors (Lipinski definition) is 0. The standard InChI is InChI=1S/C11H20/c1-3-5-6-7-8-11-9-10(11)4-2/h4,10-11H,2-3,5-9H2,1H3. The summed E-state index contributed by atoms with van der Waals surface area (Å²) in [7, 11) is 0. The predicted octanol–water partition coefficient (Wildman–Crippen LogP) is 3.78. The molecular formula is C11H20. The van der Waals surface area contributed by atoms with Crippen LogP contribution in [-0.2, 0) is 0 Å². The molecule has 0 amide bonds. The largest absolute Gasteiger partial charge is 0.103 e. The van der Waals surface area contributed by atoms with Crippen LogP contribution >= 0.6 is 0 Å². The lowest BCUT2D eigenvalue weighted by Gasteiger charge is -1.96. The van der Waals surface area contributed by atoms with E-state index in [2.05, 4.69) is 19.6 Å². The fraction of sp³-hybridized carbons (Fsp3) is 0.818. The van der Waals surface area contributed by atoms with Crippen molar-refractivity contribution in [2.45, 2.75) is 45.4 Å². The Labute approximate surface area is 70.7 Å². The first kappa shape index (κ1) is 8.83. The van der Waals surface area contributed by atoms with E-state index < -0.39 is 0 Å². The molecule has 64 valence electrons. The van der Waals surface area contributed by atoms with Gasteiger partial charge >= 0.3 is 0 Å². The van der Waals surface area contributed by atoms with Crippen LogP contribution in [0.4, 0.5) is 0 Å². The van der Waals surface area contributed by atoms with Crippen LogP contribution in [0.2, 0.25) is 0 Å². The molecule has 0 spiro atoms. The van der Waals surface area contributed by atoms with Crippen molar-refractivity contribution in [2.75, 3.05) is 0 Å². The van der Waals surface area contributed by atoms with Crippen LogP contribution in [0.25, 0.3) is 0 Å². The van der Waals surface area contributed by atoms with Gasteiger partial charge in [0.15, 0.2) is 0 Å². The van der Waals surface area contributed by atoms with E-state index >= 15 is 0 Å². The second kappa shape index (κ2) is 4.58. The molecule has 0 aromatic rings. The van der Waals surface area contributed by atoms with Crippen molar-refractivity contribution in [2.24, 2.45) is 11.8 Å². The molecule has 2 unspecified atom stereocenters. The van der Waals surface area contributed by atoms with E-state index in [1.165, 1.54) is 38.5 Å². The molecule has 1 fully saturated rings. The van der Waals surface area contributed by atoms with E-state index in [1.807, 2.05) is 0 Å². The molecule has 0 aromatic heterocycles. The maximum Gasteiger partial charge on any atom is -0.0205 e. The highest BCUT2D eigenvalue weighted by molar-refractivity contribution is 4.97. The summed E-state index contributed by atoms with van der Waals surface area (Å²) < 4.78 is 0. The lowest BCUT2D eigenvalue weighted by molar-refractivity contribution is 0.585. The SMILES string of the molecule is C=CC1CC1CCCCCC. The Balaban J connectivity index is 1.85. The Kier molecular flexibility index (Phi) is 3.68. The zero-order valence-electron chi connectivity index (χ0n) is 7.68. The Hall–Kier alpha value is -0.260. The summed E-state index contributed by atoms with van der Waals surface area (Å²) in [6.45, 7) is 6.08. The predicted molar refractivity (Wildman–Crippen MR) is 50.6 cm³/mol. The summed E-state index contributed by atoms with van der Waals surface area (Å²) in [5.41, 5.74) is 0. The zero-order valence-corrected chi connectivity index (χ0v) is 7.68. The summed E-state index contributed by atoms with van der Waals surface area (Å²) in [5, 5.41) is 0. The molecular weight excluding hydrogens is 132 g/mol. The molecule has 11 heavy (non-hydrogen) atoms. The molecule has 0 N–H and O–H groups in total. The average Bonchev–Trinajstić information content (AvgIpc) is 2.77. The highest BCUT2D eigenvalue weighted by Gasteiger charge is 2.32. The van der Waals surface area contributed by atoms with Crippen molar-refractivity contribution < 1.29 is 0 Å². The van der Waals surface area contributed by atoms with Crippen LogP contribution in [0.5, 0.6) is 0 Å². The maximum absolute atomic E-state index is 3.82. The summed E-state index contributed by atoms with van der Waals surface area (Å²) in [6.07, 6.45) is 10.7. The Morgan fingerprint density at radius 3 is 2.73 bits per heavy atom. The van der Waals surface area contributed by atoms with Crippen molar-refractivity contribution in [1.29, 1.82) is 0 Å². The molecule has 0 heteroatoms. The third-order valence-electron chi connectivity index (χ3n) is 2.71. The van der Waals surface area contributed by atoms with Crippen LogP contribution in [-0.4, -0.2) is 0 Å². The van der Waals surface area contributed by atoms with Crippen LogP contribution in [0.1, 0.15) is 45.4 Å². The average molecular weight is 152 g/mol. The van der Waals surface area contributed by atoms with Gasteiger partial charge in [0.25, 0.3) is 0 Å².